The van der Waals surface area contributed by atoms with Gasteiger partial charge in [0.25, 0.3) is 11.8 Å². The van der Waals surface area contributed by atoms with E-state index in [2.05, 4.69) is 10.3 Å². The van der Waals surface area contributed by atoms with Crippen LogP contribution in [0.15, 0.2) is 66.9 Å². The smallest absolute Gasteiger partial charge is 0.252 e. The fourth-order valence-corrected chi connectivity index (χ4v) is 5.34. The monoisotopic (exact) mass is 587 g/mol. The van der Waals surface area contributed by atoms with Crippen molar-refractivity contribution in [3.8, 4) is 0 Å². The van der Waals surface area contributed by atoms with Crippen LogP contribution in [0.4, 0.5) is 30.4 Å². The van der Waals surface area contributed by atoms with Crippen LogP contribution in [-0.4, -0.2) is 40.7 Å². The molecule has 1 aliphatic carbocycles. The Morgan fingerprint density at radius 3 is 2.51 bits per heavy atom. The number of carbonyl (C=O) groups excluding carboxylic acids is 3. The van der Waals surface area contributed by atoms with Gasteiger partial charge in [-0.15, -0.1) is 0 Å². The Kier molecular flexibility index (Phi) is 8.58. The summed E-state index contributed by atoms with van der Waals surface area (Å²) >= 11 is 6.48. The third-order valence-corrected chi connectivity index (χ3v) is 7.32. The summed E-state index contributed by atoms with van der Waals surface area (Å²) in [5.41, 5.74) is 6.43. The van der Waals surface area contributed by atoms with E-state index in [0.29, 0.717) is 5.69 Å². The van der Waals surface area contributed by atoms with Crippen LogP contribution < -0.4 is 20.9 Å². The number of hydrogen-bond acceptors (Lipinski definition) is 5. The first-order valence-electron chi connectivity index (χ1n) is 12.6. The second-order valence-corrected chi connectivity index (χ2v) is 10.3. The molecule has 1 aromatic heterocycles. The van der Waals surface area contributed by atoms with E-state index >= 15 is 0 Å². The number of nitrogens with two attached hydrogens (primary N) is 1. The van der Waals surface area contributed by atoms with E-state index in [1.165, 1.54) is 53.6 Å². The summed E-state index contributed by atoms with van der Waals surface area (Å²) in [4.78, 5) is 47.6. The van der Waals surface area contributed by atoms with Crippen LogP contribution in [0.25, 0.3) is 0 Å². The lowest BCUT2D eigenvalue weighted by molar-refractivity contribution is -0.133. The number of anilines is 3. The van der Waals surface area contributed by atoms with Crippen LogP contribution in [0.2, 0.25) is 5.02 Å². The van der Waals surface area contributed by atoms with Gasteiger partial charge >= 0.3 is 0 Å². The van der Waals surface area contributed by atoms with Gasteiger partial charge in [-0.25, -0.2) is 18.2 Å². The molecule has 2 heterocycles. The normalized spacial score (nSPS) is 18.7. The van der Waals surface area contributed by atoms with Crippen molar-refractivity contribution in [1.29, 1.82) is 0 Å². The zero-order chi connectivity index (χ0) is 28.6. The minimum atomic E-state index is -2.90. The van der Waals surface area contributed by atoms with Crippen LogP contribution in [0.5, 0.6) is 0 Å². The average molecular weight is 588 g/mol. The van der Waals surface area contributed by atoms with Crippen LogP contribution >= 0.6 is 11.6 Å². The molecule has 3 aromatic rings. The maximum Gasteiger partial charge on any atom is 0.252 e. The van der Waals surface area contributed by atoms with Gasteiger partial charge in [0.05, 0.1) is 0 Å². The molecule has 1 saturated heterocycles. The lowest BCUT2D eigenvalue weighted by atomic mass is 9.87. The number of carbonyl (C=O) groups is 3. The predicted molar refractivity (Wildman–Crippen MR) is 150 cm³/mol. The summed E-state index contributed by atoms with van der Waals surface area (Å²) in [5.74, 6) is -5.29. The Morgan fingerprint density at radius 2 is 1.85 bits per heavy atom. The molecule has 8 nitrogen and oxygen atoms in total. The third-order valence-electron chi connectivity index (χ3n) is 6.98. The number of alkyl halides is 2. The summed E-state index contributed by atoms with van der Waals surface area (Å²) in [5, 5.41) is 2.72. The molecular weight excluding hydrogens is 559 g/mol. The summed E-state index contributed by atoms with van der Waals surface area (Å²) in [6.07, 6.45) is 0.411. The van der Waals surface area contributed by atoms with Gasteiger partial charge in [-0.3, -0.25) is 24.2 Å². The minimum Gasteiger partial charge on any atom is -0.399 e. The maximum atomic E-state index is 14.5. The van der Waals surface area contributed by atoms with E-state index in [1.54, 1.807) is 12.1 Å². The second-order valence-electron chi connectivity index (χ2n) is 9.85. The van der Waals surface area contributed by atoms with Crippen LogP contribution in [0, 0.1) is 5.82 Å². The maximum absolute atomic E-state index is 14.5. The minimum absolute atomic E-state index is 0. The molecule has 0 spiro atoms. The van der Waals surface area contributed by atoms with Gasteiger partial charge in [-0.2, -0.15) is 0 Å². The number of nitrogens with zero attached hydrogens (tertiary/aromatic N) is 3. The highest BCUT2D eigenvalue weighted by Gasteiger charge is 2.48. The van der Waals surface area contributed by atoms with Crippen LogP contribution in [-0.2, 0) is 14.4 Å². The van der Waals surface area contributed by atoms with Crippen molar-refractivity contribution < 1.29 is 27.6 Å². The predicted octanol–water partition coefficient (Wildman–Crippen LogP) is 5.28. The molecule has 3 N–H and O–H groups in total. The number of rotatable bonds is 7. The van der Waals surface area contributed by atoms with Crippen molar-refractivity contribution in [3.63, 3.8) is 0 Å². The molecule has 2 aliphatic rings. The number of pyridine rings is 1. The van der Waals surface area contributed by atoms with E-state index in [9.17, 15) is 27.6 Å². The molecular formula is C29H29ClF3N5O3. The van der Waals surface area contributed by atoms with E-state index in [1.807, 2.05) is 0 Å². The van der Waals surface area contributed by atoms with Gasteiger partial charge in [-0.1, -0.05) is 43.3 Å². The number of aromatic nitrogens is 1. The van der Waals surface area contributed by atoms with Crippen molar-refractivity contribution >= 4 is 46.5 Å². The quantitative estimate of drug-likeness (QED) is 0.391. The molecule has 2 aromatic carbocycles. The first-order chi connectivity index (χ1) is 19.0. The van der Waals surface area contributed by atoms with Gasteiger partial charge in [0.1, 0.15) is 23.7 Å². The molecule has 216 valence electrons. The highest BCUT2D eigenvalue weighted by atomic mass is 35.5. The zero-order valence-corrected chi connectivity index (χ0v) is 21.8. The van der Waals surface area contributed by atoms with Gasteiger partial charge in [0.15, 0.2) is 0 Å². The lowest BCUT2D eigenvalue weighted by Gasteiger charge is -2.39. The van der Waals surface area contributed by atoms with Gasteiger partial charge in [0, 0.05) is 59.5 Å². The molecule has 5 rings (SSSR count). The number of hydrogen-bond donors (Lipinski definition) is 2. The number of amides is 3. The molecule has 2 fully saturated rings. The Labute approximate surface area is 240 Å². The molecule has 1 unspecified atom stereocenters. The van der Waals surface area contributed by atoms with E-state index in [4.69, 9.17) is 17.3 Å². The molecule has 2 atom stereocenters. The highest BCUT2D eigenvalue weighted by Crippen LogP contribution is 2.40. The van der Waals surface area contributed by atoms with E-state index in [0.717, 1.165) is 11.0 Å². The Bertz CT molecular complexity index is 1460. The third kappa shape index (κ3) is 6.14. The zero-order valence-electron chi connectivity index (χ0n) is 21.1. The van der Waals surface area contributed by atoms with Crippen molar-refractivity contribution in [3.05, 3.63) is 83.3 Å². The average Bonchev–Trinajstić information content (AvgIpc) is 3.27. The number of benzene rings is 2. The van der Waals surface area contributed by atoms with E-state index in [-0.39, 0.29) is 48.3 Å². The first kappa shape index (κ1) is 29.9. The largest absolute Gasteiger partial charge is 0.399 e. The Hall–Kier alpha value is -4.12. The Morgan fingerprint density at radius 1 is 1.12 bits per heavy atom. The van der Waals surface area contributed by atoms with Crippen molar-refractivity contribution in [2.75, 3.05) is 15.5 Å². The van der Waals surface area contributed by atoms with Crippen molar-refractivity contribution in [1.82, 2.24) is 10.3 Å². The van der Waals surface area contributed by atoms with Crippen molar-refractivity contribution in [2.45, 2.75) is 57.2 Å². The first-order valence-corrected chi connectivity index (χ1v) is 13.0. The van der Waals surface area contributed by atoms with Gasteiger partial charge in [0.2, 0.25) is 11.8 Å². The van der Waals surface area contributed by atoms with E-state index < -0.39 is 54.5 Å². The molecule has 12 heteroatoms. The summed E-state index contributed by atoms with van der Waals surface area (Å²) in [6.45, 7) is 0. The van der Waals surface area contributed by atoms with Crippen LogP contribution in [0.1, 0.15) is 44.7 Å². The summed E-state index contributed by atoms with van der Waals surface area (Å²) in [7, 11) is 0. The van der Waals surface area contributed by atoms with Crippen LogP contribution in [0.3, 0.4) is 0 Å². The molecule has 0 radical (unpaired) electrons. The number of nitrogens with one attached hydrogen (secondary N) is 1. The summed E-state index contributed by atoms with van der Waals surface area (Å²) in [6, 6.07) is 10.9. The van der Waals surface area contributed by atoms with Gasteiger partial charge < -0.3 is 11.1 Å². The summed E-state index contributed by atoms with van der Waals surface area (Å²) < 4.78 is 41.6. The van der Waals surface area contributed by atoms with Gasteiger partial charge in [-0.05, 0) is 36.8 Å². The molecule has 1 saturated carbocycles. The second kappa shape index (κ2) is 11.8. The topological polar surface area (TPSA) is 109 Å². The lowest BCUT2D eigenvalue weighted by Crippen LogP contribution is -2.56. The number of nitrogen functional groups attached to an aromatic ring is 1. The molecule has 1 aliphatic heterocycles. The molecule has 0 bridgehead atoms. The fraction of sp³-hybridized carbons (Fsp3) is 0.310. The number of halogens is 4. The SMILES string of the molecule is C.Nc1ccnc(N2C(=O)CC[C@H]2C(=O)N(c2cccc(F)c2)C(C(=O)NC2CC(F)(F)C2)c2ccccc2Cl)c1. The van der Waals surface area contributed by atoms with Crippen molar-refractivity contribution in [2.24, 2.45) is 0 Å². The fourth-order valence-electron chi connectivity index (χ4n) is 5.10. The Balaban J connectivity index is 0.00000387. The molecule has 3 amide bonds. The highest BCUT2D eigenvalue weighted by molar-refractivity contribution is 6.31. The standard InChI is InChI=1S/C28H25ClF3N5O3.CH4/c29-21-7-2-1-6-20(21)25(26(39)35-18-14-28(31,32)15-18)36(19-5-3-4-16(30)12-19)27(40)22-8-9-24(38)37(22)23-13-17(33)10-11-34-23;/h1-7,10-13,18,22,25H,8-9,14-15H2,(H2,33,34)(H,35,39);1H4/t22-,25?;/m0./s1. The molecule has 41 heavy (non-hydrogen) atoms.